The van der Waals surface area contributed by atoms with E-state index in [0.29, 0.717) is 33.9 Å². The summed E-state index contributed by atoms with van der Waals surface area (Å²) in [6.07, 6.45) is 6.58. The van der Waals surface area contributed by atoms with Gasteiger partial charge >= 0.3 is 0 Å². The lowest BCUT2D eigenvalue weighted by molar-refractivity contribution is 0.0928. The van der Waals surface area contributed by atoms with Crippen LogP contribution in [0.15, 0.2) is 107 Å². The first kappa shape index (κ1) is 24.2. The van der Waals surface area contributed by atoms with Gasteiger partial charge in [-0.15, -0.1) is 0 Å². The zero-order chi connectivity index (χ0) is 25.0. The molecule has 0 saturated carbocycles. The van der Waals surface area contributed by atoms with Crippen LogP contribution in [-0.2, 0) is 0 Å². The molecule has 178 valence electrons. The number of para-hydroxylation sites is 2. The van der Waals surface area contributed by atoms with Crippen LogP contribution in [0.25, 0.3) is 0 Å². The Morgan fingerprint density at radius 3 is 1.44 bits per heavy atom. The quantitative estimate of drug-likeness (QED) is 0.280. The molecule has 0 bridgehead atoms. The third-order valence-corrected chi connectivity index (χ3v) is 5.04. The van der Waals surface area contributed by atoms with Gasteiger partial charge in [-0.1, -0.05) is 36.4 Å². The zero-order valence-corrected chi connectivity index (χ0v) is 19.4. The van der Waals surface area contributed by atoms with Crippen molar-refractivity contribution in [3.63, 3.8) is 0 Å². The number of carbonyl (C=O) groups excluding carboxylic acids is 2. The Kier molecular flexibility index (Phi) is 8.37. The third-order valence-electron chi connectivity index (χ3n) is 5.04. The lowest BCUT2D eigenvalue weighted by Crippen LogP contribution is -2.34. The minimum absolute atomic E-state index is 0.252. The second-order valence-electron chi connectivity index (χ2n) is 7.57. The molecule has 4 aromatic rings. The largest absolute Gasteiger partial charge is 0.350 e. The number of hydrogen-bond acceptors (Lipinski definition) is 6. The monoisotopic (exact) mass is 476 g/mol. The molecule has 0 radical (unpaired) electrons. The highest BCUT2D eigenvalue weighted by atomic mass is 16.2. The average molecular weight is 477 g/mol. The second kappa shape index (κ2) is 12.5. The number of carbonyl (C=O) groups is 2. The summed E-state index contributed by atoms with van der Waals surface area (Å²) < 4.78 is 0. The fraction of sp³-hybridized carbons (Fsp3) is 0.0714. The predicted octanol–water partition coefficient (Wildman–Crippen LogP) is 4.14. The van der Waals surface area contributed by atoms with Crippen LogP contribution in [0, 0.1) is 0 Å². The lowest BCUT2D eigenvalue weighted by Gasteiger charge is -2.10. The van der Waals surface area contributed by atoms with Crippen LogP contribution in [0.2, 0.25) is 0 Å². The molecule has 0 spiro atoms. The summed E-state index contributed by atoms with van der Waals surface area (Å²) in [6, 6.07) is 25.2. The first-order valence-corrected chi connectivity index (χ1v) is 11.4. The molecule has 8 heteroatoms. The molecule has 4 rings (SSSR count). The van der Waals surface area contributed by atoms with E-state index in [-0.39, 0.29) is 24.9 Å². The molecule has 0 saturated heterocycles. The fourth-order valence-electron chi connectivity index (χ4n) is 3.27. The summed E-state index contributed by atoms with van der Waals surface area (Å²) in [5.74, 6) is -0.559. The normalized spacial score (nSPS) is 11.0. The van der Waals surface area contributed by atoms with Crippen molar-refractivity contribution in [1.29, 1.82) is 0 Å². The summed E-state index contributed by atoms with van der Waals surface area (Å²) in [6.45, 7) is 0.504. The van der Waals surface area contributed by atoms with Crippen LogP contribution in [0.4, 0.5) is 11.4 Å². The third kappa shape index (κ3) is 6.77. The van der Waals surface area contributed by atoms with Crippen molar-refractivity contribution < 1.29 is 9.59 Å². The number of nitrogens with zero attached hydrogens (tertiary/aromatic N) is 4. The molecule has 2 amide bonds. The summed E-state index contributed by atoms with van der Waals surface area (Å²) in [5, 5.41) is 5.65. The lowest BCUT2D eigenvalue weighted by atomic mass is 10.1. The number of hydrogen-bond donors (Lipinski definition) is 2. The van der Waals surface area contributed by atoms with E-state index < -0.39 is 0 Å². The van der Waals surface area contributed by atoms with Crippen LogP contribution >= 0.6 is 0 Å². The molecule has 2 aromatic heterocycles. The molecule has 2 heterocycles. The summed E-state index contributed by atoms with van der Waals surface area (Å²) in [5.41, 5.74) is 3.32. The molecule has 0 aliphatic rings. The first-order chi connectivity index (χ1) is 17.7. The molecule has 0 fully saturated rings. The van der Waals surface area contributed by atoms with Gasteiger partial charge in [0.25, 0.3) is 11.8 Å². The number of pyridine rings is 2. The van der Waals surface area contributed by atoms with Gasteiger partial charge in [-0.05, 0) is 48.5 Å². The summed E-state index contributed by atoms with van der Waals surface area (Å²) in [7, 11) is 0. The second-order valence-corrected chi connectivity index (χ2v) is 7.57. The van der Waals surface area contributed by atoms with E-state index in [4.69, 9.17) is 0 Å². The number of benzene rings is 2. The van der Waals surface area contributed by atoms with E-state index >= 15 is 0 Å². The van der Waals surface area contributed by atoms with Gasteiger partial charge in [-0.25, -0.2) is 0 Å². The van der Waals surface area contributed by atoms with Crippen molar-refractivity contribution in [2.45, 2.75) is 0 Å². The Morgan fingerprint density at radius 2 is 1.03 bits per heavy atom. The van der Waals surface area contributed by atoms with Gasteiger partial charge in [0.15, 0.2) is 0 Å². The number of amides is 2. The van der Waals surface area contributed by atoms with Gasteiger partial charge in [-0.3, -0.25) is 29.5 Å². The Labute approximate surface area is 208 Å². The average Bonchev–Trinajstić information content (AvgIpc) is 2.94. The van der Waals surface area contributed by atoms with Crippen LogP contribution in [-0.4, -0.2) is 47.3 Å². The molecule has 2 N–H and O–H groups in total. The van der Waals surface area contributed by atoms with Crippen molar-refractivity contribution in [2.75, 3.05) is 13.1 Å². The Balaban J connectivity index is 1.32. The van der Waals surface area contributed by atoms with E-state index in [1.54, 1.807) is 61.2 Å². The highest BCUT2D eigenvalue weighted by Crippen LogP contribution is 2.19. The molecular formula is C28H24N6O2. The maximum Gasteiger partial charge on any atom is 0.253 e. The van der Waals surface area contributed by atoms with Crippen LogP contribution in [0.5, 0.6) is 0 Å². The van der Waals surface area contributed by atoms with Crippen molar-refractivity contribution >= 4 is 35.6 Å². The molecular weight excluding hydrogens is 452 g/mol. The summed E-state index contributed by atoms with van der Waals surface area (Å²) >= 11 is 0. The Hall–Kier alpha value is -4.98. The Bertz CT molecular complexity index is 1260. The van der Waals surface area contributed by atoms with Gasteiger partial charge in [0.1, 0.15) is 0 Å². The van der Waals surface area contributed by atoms with E-state index in [2.05, 4.69) is 30.6 Å². The number of nitrogens with one attached hydrogen (secondary N) is 2. The van der Waals surface area contributed by atoms with E-state index in [0.717, 1.165) is 0 Å². The predicted molar refractivity (Wildman–Crippen MR) is 141 cm³/mol. The van der Waals surface area contributed by atoms with Crippen LogP contribution in [0.1, 0.15) is 32.1 Å². The molecule has 8 nitrogen and oxygen atoms in total. The zero-order valence-electron chi connectivity index (χ0n) is 19.4. The fourth-order valence-corrected chi connectivity index (χ4v) is 3.27. The van der Waals surface area contributed by atoms with Crippen molar-refractivity contribution in [3.05, 3.63) is 120 Å². The van der Waals surface area contributed by atoms with Crippen LogP contribution in [0.3, 0.4) is 0 Å². The highest BCUT2D eigenvalue weighted by Gasteiger charge is 2.12. The van der Waals surface area contributed by atoms with E-state index in [9.17, 15) is 9.59 Å². The molecule has 0 atom stereocenters. The number of aliphatic imine (C=N–C) groups is 2. The molecule has 36 heavy (non-hydrogen) atoms. The van der Waals surface area contributed by atoms with Gasteiger partial charge in [0, 0.05) is 25.5 Å². The van der Waals surface area contributed by atoms with Crippen molar-refractivity contribution in [3.8, 4) is 0 Å². The van der Waals surface area contributed by atoms with Crippen molar-refractivity contribution in [2.24, 2.45) is 9.98 Å². The Morgan fingerprint density at radius 1 is 0.611 bits per heavy atom. The molecule has 0 unspecified atom stereocenters. The molecule has 0 aliphatic carbocycles. The molecule has 0 aliphatic heterocycles. The van der Waals surface area contributed by atoms with Crippen molar-refractivity contribution in [1.82, 2.24) is 20.6 Å². The highest BCUT2D eigenvalue weighted by molar-refractivity contribution is 6.01. The van der Waals surface area contributed by atoms with E-state index in [1.165, 1.54) is 0 Å². The van der Waals surface area contributed by atoms with Crippen LogP contribution < -0.4 is 10.6 Å². The standard InChI is InChI=1S/C28H24N6O2/c35-27(23-11-1-3-13-25(23)33-19-21-9-5-7-15-29-21)31-17-18-32-28(36)24-12-2-4-14-26(24)34-20-22-10-6-8-16-30-22/h1-16,19-20H,17-18H2,(H,31,35)(H,32,36). The van der Waals surface area contributed by atoms with Gasteiger partial charge in [-0.2, -0.15) is 0 Å². The SMILES string of the molecule is O=C(NCCNC(=O)c1ccccc1N=Cc1ccccn1)c1ccccc1N=Cc1ccccn1. The first-order valence-electron chi connectivity index (χ1n) is 11.4. The maximum atomic E-state index is 12.7. The minimum atomic E-state index is -0.279. The number of aromatic nitrogens is 2. The van der Waals surface area contributed by atoms with E-state index in [1.807, 2.05) is 48.5 Å². The summed E-state index contributed by atoms with van der Waals surface area (Å²) in [4.78, 5) is 42.7. The van der Waals surface area contributed by atoms with Gasteiger partial charge in [0.05, 0.1) is 46.3 Å². The minimum Gasteiger partial charge on any atom is -0.350 e. The van der Waals surface area contributed by atoms with Gasteiger partial charge in [0.2, 0.25) is 0 Å². The smallest absolute Gasteiger partial charge is 0.253 e. The van der Waals surface area contributed by atoms with Gasteiger partial charge < -0.3 is 10.6 Å². The molecule has 2 aromatic carbocycles. The maximum absolute atomic E-state index is 12.7. The topological polar surface area (TPSA) is 109 Å². The number of rotatable bonds is 9.